The topological polar surface area (TPSA) is 77.8 Å². The van der Waals surface area contributed by atoms with Gasteiger partial charge in [-0.1, -0.05) is 25.1 Å². The van der Waals surface area contributed by atoms with E-state index in [0.717, 1.165) is 31.2 Å². The van der Waals surface area contributed by atoms with Crippen molar-refractivity contribution >= 4 is 23.9 Å². The first-order valence-electron chi connectivity index (χ1n) is 7.49. The van der Waals surface area contributed by atoms with Crippen molar-refractivity contribution in [3.63, 3.8) is 0 Å². The van der Waals surface area contributed by atoms with Crippen LogP contribution >= 0.6 is 0 Å². The highest BCUT2D eigenvalue weighted by atomic mass is 16.4. The molecule has 0 saturated heterocycles. The van der Waals surface area contributed by atoms with Crippen LogP contribution < -0.4 is 5.46 Å². The van der Waals surface area contributed by atoms with E-state index in [1.165, 1.54) is 0 Å². The van der Waals surface area contributed by atoms with Gasteiger partial charge in [-0.2, -0.15) is 0 Å². The summed E-state index contributed by atoms with van der Waals surface area (Å²) in [4.78, 5) is 12.6. The number of ketones is 1. The first kappa shape index (κ1) is 14.4. The second-order valence-corrected chi connectivity index (χ2v) is 5.98. The minimum atomic E-state index is -1.58. The second-order valence-electron chi connectivity index (χ2n) is 5.98. The summed E-state index contributed by atoms with van der Waals surface area (Å²) >= 11 is 0. The smallest absolute Gasteiger partial charge is 0.488 e. The lowest BCUT2D eigenvalue weighted by molar-refractivity contribution is -0.117. The molecule has 0 heterocycles. The molecule has 2 aliphatic rings. The van der Waals surface area contributed by atoms with Crippen LogP contribution in [0.5, 0.6) is 0 Å². The molecule has 2 atom stereocenters. The summed E-state index contributed by atoms with van der Waals surface area (Å²) in [5.41, 5.74) is 2.33. The van der Waals surface area contributed by atoms with Crippen LogP contribution in [0, 0.1) is 11.8 Å². The number of aryl methyl sites for hydroxylation is 1. The summed E-state index contributed by atoms with van der Waals surface area (Å²) < 4.78 is 0. The van der Waals surface area contributed by atoms with Crippen molar-refractivity contribution < 1.29 is 19.9 Å². The SMILES string of the molecule is CCc1ccc(B(O)O)cc1C1=C(O)[C@H]2CC[C@H](C2)C1=O. The van der Waals surface area contributed by atoms with E-state index in [4.69, 9.17) is 0 Å². The maximum atomic E-state index is 12.6. The fourth-order valence-electron chi connectivity index (χ4n) is 3.57. The third-order valence-corrected chi connectivity index (χ3v) is 4.77. The zero-order valence-corrected chi connectivity index (χ0v) is 12.0. The number of benzene rings is 1. The predicted molar refractivity (Wildman–Crippen MR) is 81.0 cm³/mol. The van der Waals surface area contributed by atoms with Gasteiger partial charge in [0.15, 0.2) is 5.78 Å². The molecule has 5 heteroatoms. The molecule has 3 rings (SSSR count). The molecular weight excluding hydrogens is 267 g/mol. The van der Waals surface area contributed by atoms with Gasteiger partial charge in [-0.3, -0.25) is 4.79 Å². The van der Waals surface area contributed by atoms with Gasteiger partial charge in [0.1, 0.15) is 5.76 Å². The molecule has 2 aliphatic carbocycles. The number of rotatable bonds is 3. The van der Waals surface area contributed by atoms with Crippen molar-refractivity contribution in [3.8, 4) is 0 Å². The maximum absolute atomic E-state index is 12.6. The van der Waals surface area contributed by atoms with Crippen LogP contribution in [0.2, 0.25) is 0 Å². The van der Waals surface area contributed by atoms with E-state index in [-0.39, 0.29) is 23.4 Å². The molecule has 0 amide bonds. The van der Waals surface area contributed by atoms with E-state index in [2.05, 4.69) is 0 Å². The van der Waals surface area contributed by atoms with Crippen LogP contribution in [0.25, 0.3) is 5.57 Å². The molecule has 1 fully saturated rings. The fourth-order valence-corrected chi connectivity index (χ4v) is 3.57. The van der Waals surface area contributed by atoms with Gasteiger partial charge in [0.25, 0.3) is 0 Å². The Bertz CT molecular complexity index is 621. The van der Waals surface area contributed by atoms with Crippen molar-refractivity contribution in [3.05, 3.63) is 35.1 Å². The Hall–Kier alpha value is -1.59. The third-order valence-electron chi connectivity index (χ3n) is 4.77. The number of aliphatic hydroxyl groups is 1. The lowest BCUT2D eigenvalue weighted by Crippen LogP contribution is -2.31. The van der Waals surface area contributed by atoms with Gasteiger partial charge in [-0.15, -0.1) is 0 Å². The molecule has 0 aromatic heterocycles. The molecule has 0 unspecified atom stereocenters. The summed E-state index contributed by atoms with van der Waals surface area (Å²) in [5, 5.41) is 29.2. The Kier molecular flexibility index (Phi) is 3.63. The number of fused-ring (bicyclic) bond motifs is 2. The number of hydrogen-bond acceptors (Lipinski definition) is 4. The van der Waals surface area contributed by atoms with Crippen molar-refractivity contribution in [1.82, 2.24) is 0 Å². The highest BCUT2D eigenvalue weighted by molar-refractivity contribution is 6.58. The van der Waals surface area contributed by atoms with Crippen LogP contribution in [0.1, 0.15) is 37.3 Å². The van der Waals surface area contributed by atoms with Crippen molar-refractivity contribution in [2.45, 2.75) is 32.6 Å². The zero-order chi connectivity index (χ0) is 15.1. The van der Waals surface area contributed by atoms with E-state index in [1.54, 1.807) is 18.2 Å². The van der Waals surface area contributed by atoms with Crippen LogP contribution in [0.15, 0.2) is 24.0 Å². The van der Waals surface area contributed by atoms with Crippen LogP contribution in [0.4, 0.5) is 0 Å². The lowest BCUT2D eigenvalue weighted by Gasteiger charge is -2.23. The van der Waals surface area contributed by atoms with E-state index in [9.17, 15) is 19.9 Å². The molecule has 110 valence electrons. The molecule has 0 radical (unpaired) electrons. The van der Waals surface area contributed by atoms with Crippen LogP contribution in [-0.2, 0) is 11.2 Å². The van der Waals surface area contributed by atoms with Crippen LogP contribution in [-0.4, -0.2) is 28.1 Å². The average Bonchev–Trinajstić information content (AvgIpc) is 2.92. The van der Waals surface area contributed by atoms with Crippen LogP contribution in [0.3, 0.4) is 0 Å². The Labute approximate surface area is 124 Å². The second kappa shape index (κ2) is 5.32. The Morgan fingerprint density at radius 3 is 2.62 bits per heavy atom. The number of hydrogen-bond donors (Lipinski definition) is 3. The Morgan fingerprint density at radius 1 is 1.24 bits per heavy atom. The number of allylic oxidation sites excluding steroid dienone is 2. The van der Waals surface area contributed by atoms with E-state index in [0.29, 0.717) is 16.6 Å². The van der Waals surface area contributed by atoms with Gasteiger partial charge in [0.2, 0.25) is 0 Å². The highest BCUT2D eigenvalue weighted by Crippen LogP contribution is 2.45. The molecule has 0 aliphatic heterocycles. The van der Waals surface area contributed by atoms with Crippen molar-refractivity contribution in [2.24, 2.45) is 11.8 Å². The summed E-state index contributed by atoms with van der Waals surface area (Å²) in [5.74, 6) is 0.275. The quantitative estimate of drug-likeness (QED) is 0.730. The van der Waals surface area contributed by atoms with Gasteiger partial charge in [0, 0.05) is 11.8 Å². The standard InChI is InChI=1S/C16H19BO4/c1-2-9-5-6-12(17(20)21)8-13(9)14-15(18)10-3-4-11(7-10)16(14)19/h5-6,8,10-11,18,20-21H,2-4,7H2,1H3/t10-,11+/m0/s1. The largest absolute Gasteiger partial charge is 0.511 e. The number of carbonyl (C=O) groups excluding carboxylic acids is 1. The summed E-state index contributed by atoms with van der Waals surface area (Å²) in [6, 6.07) is 5.07. The summed E-state index contributed by atoms with van der Waals surface area (Å²) in [7, 11) is -1.58. The summed E-state index contributed by atoms with van der Waals surface area (Å²) in [6.07, 6.45) is 3.16. The average molecular weight is 286 g/mol. The maximum Gasteiger partial charge on any atom is 0.488 e. The molecule has 21 heavy (non-hydrogen) atoms. The lowest BCUT2D eigenvalue weighted by atomic mass is 9.75. The van der Waals surface area contributed by atoms with Gasteiger partial charge in [-0.25, -0.2) is 0 Å². The molecule has 4 nitrogen and oxygen atoms in total. The van der Waals surface area contributed by atoms with Crippen molar-refractivity contribution in [2.75, 3.05) is 0 Å². The highest BCUT2D eigenvalue weighted by Gasteiger charge is 2.41. The minimum Gasteiger partial charge on any atom is -0.511 e. The van der Waals surface area contributed by atoms with Gasteiger partial charge < -0.3 is 15.2 Å². The molecule has 1 aromatic carbocycles. The fraction of sp³-hybridized carbons (Fsp3) is 0.438. The zero-order valence-electron chi connectivity index (χ0n) is 12.0. The molecule has 0 spiro atoms. The molecule has 3 N–H and O–H groups in total. The Balaban J connectivity index is 2.16. The van der Waals surface area contributed by atoms with Gasteiger partial charge in [0.05, 0.1) is 5.57 Å². The first-order valence-corrected chi connectivity index (χ1v) is 7.49. The van der Waals surface area contributed by atoms with E-state index >= 15 is 0 Å². The first-order chi connectivity index (χ1) is 10.0. The van der Waals surface area contributed by atoms with E-state index in [1.807, 2.05) is 6.92 Å². The minimum absolute atomic E-state index is 0.000490. The number of aliphatic hydroxyl groups excluding tert-OH is 1. The predicted octanol–water partition coefficient (Wildman–Crippen LogP) is 1.20. The number of Topliss-reactive ketones (excluding diaryl/α,β-unsaturated/α-hetero) is 1. The number of carbonyl (C=O) groups is 1. The normalized spacial score (nSPS) is 24.6. The van der Waals surface area contributed by atoms with E-state index < -0.39 is 7.12 Å². The summed E-state index contributed by atoms with van der Waals surface area (Å²) in [6.45, 7) is 1.98. The van der Waals surface area contributed by atoms with Crippen molar-refractivity contribution in [1.29, 1.82) is 0 Å². The Morgan fingerprint density at radius 2 is 1.95 bits per heavy atom. The molecule has 1 aromatic rings. The molecule has 1 saturated carbocycles. The van der Waals surface area contributed by atoms with Gasteiger partial charge >= 0.3 is 7.12 Å². The van der Waals surface area contributed by atoms with Gasteiger partial charge in [-0.05, 0) is 42.3 Å². The molecular formula is C16H19BO4. The third kappa shape index (κ3) is 2.30. The monoisotopic (exact) mass is 286 g/mol. The molecule has 2 bridgehead atoms.